The number of rotatable bonds is 4. The van der Waals surface area contributed by atoms with Crippen molar-refractivity contribution in [3.05, 3.63) is 41.5 Å². The van der Waals surface area contributed by atoms with Crippen molar-refractivity contribution >= 4 is 23.6 Å². The molecule has 176 valence electrons. The largest absolute Gasteiger partial charge is 0.468 e. The fourth-order valence-corrected chi connectivity index (χ4v) is 7.51. The number of esters is 3. The van der Waals surface area contributed by atoms with Gasteiger partial charge >= 0.3 is 17.9 Å². The molecule has 4 heterocycles. The molecule has 6 rings (SSSR count). The van der Waals surface area contributed by atoms with Crippen LogP contribution in [0.25, 0.3) is 0 Å². The van der Waals surface area contributed by atoms with E-state index in [4.69, 9.17) is 14.2 Å². The lowest BCUT2D eigenvalue weighted by Crippen LogP contribution is -2.75. The highest BCUT2D eigenvalue weighted by atomic mass is 16.6. The van der Waals surface area contributed by atoms with Crippen molar-refractivity contribution < 1.29 is 28.6 Å². The molecule has 4 fully saturated rings. The average Bonchev–Trinajstić information content (AvgIpc) is 3.21. The molecule has 6 unspecified atom stereocenters. The quantitative estimate of drug-likeness (QED) is 0.421. The molecule has 0 radical (unpaired) electrons. The SMILES string of the molecule is CC=C1CN2CCC34c5ccccc5NC23C(OC(C)=O)CC1C4(COC(C)=O)C(=O)OC. The van der Waals surface area contributed by atoms with Crippen molar-refractivity contribution in [1.29, 1.82) is 0 Å². The van der Waals surface area contributed by atoms with Crippen molar-refractivity contribution in [2.75, 3.05) is 32.1 Å². The molecule has 6 atom stereocenters. The van der Waals surface area contributed by atoms with E-state index in [9.17, 15) is 14.4 Å². The van der Waals surface area contributed by atoms with Gasteiger partial charge in [0.2, 0.25) is 0 Å². The molecule has 1 N–H and O–H groups in total. The summed E-state index contributed by atoms with van der Waals surface area (Å²) in [7, 11) is 1.39. The van der Waals surface area contributed by atoms with Crippen LogP contribution >= 0.6 is 0 Å². The Hall–Kier alpha value is -2.87. The number of fused-ring (bicyclic) bond motifs is 3. The summed E-state index contributed by atoms with van der Waals surface area (Å²) in [6, 6.07) is 7.93. The molecule has 0 aromatic heterocycles. The molecule has 4 bridgehead atoms. The maximum atomic E-state index is 14.0. The smallest absolute Gasteiger partial charge is 0.316 e. The Morgan fingerprint density at radius 1 is 1.21 bits per heavy atom. The number of allylic oxidation sites excluding steroid dienone is 1. The molecule has 0 amide bonds. The minimum absolute atomic E-state index is 0.102. The third kappa shape index (κ3) is 2.47. The fraction of sp³-hybridized carbons (Fsp3) is 0.560. The second-order valence-electron chi connectivity index (χ2n) is 9.51. The normalized spacial score (nSPS) is 38.7. The zero-order valence-electron chi connectivity index (χ0n) is 19.5. The van der Waals surface area contributed by atoms with E-state index < -0.39 is 34.5 Å². The summed E-state index contributed by atoms with van der Waals surface area (Å²) in [6.07, 6.45) is 2.61. The predicted molar refractivity (Wildman–Crippen MR) is 119 cm³/mol. The standard InChI is InChI=1S/C25H30N2O6/c1-5-17-13-27-11-10-24-18-8-6-7-9-20(18)26-25(24,27)21(33-16(3)29)12-19(17)23(24,22(30)31-4)14-32-15(2)28/h5-9,19,21,26H,10-14H2,1-4H3. The van der Waals surface area contributed by atoms with E-state index in [1.54, 1.807) is 0 Å². The van der Waals surface area contributed by atoms with Crippen molar-refractivity contribution in [2.24, 2.45) is 11.3 Å². The van der Waals surface area contributed by atoms with Gasteiger partial charge in [-0.3, -0.25) is 19.3 Å². The van der Waals surface area contributed by atoms with E-state index in [-0.39, 0.29) is 18.5 Å². The van der Waals surface area contributed by atoms with Crippen LogP contribution in [-0.2, 0) is 34.0 Å². The number of hydrogen-bond donors (Lipinski definition) is 1. The molecule has 8 heteroatoms. The van der Waals surface area contributed by atoms with Crippen molar-refractivity contribution in [3.8, 4) is 0 Å². The van der Waals surface area contributed by atoms with Gasteiger partial charge in [0.25, 0.3) is 0 Å². The van der Waals surface area contributed by atoms with E-state index in [1.807, 2.05) is 37.3 Å². The number of benzene rings is 1. The Labute approximate surface area is 193 Å². The van der Waals surface area contributed by atoms with E-state index in [0.717, 1.165) is 16.8 Å². The third-order valence-corrected chi connectivity index (χ3v) is 8.44. The maximum absolute atomic E-state index is 14.0. The Morgan fingerprint density at radius 2 is 1.97 bits per heavy atom. The molecule has 8 nitrogen and oxygen atoms in total. The second kappa shape index (κ2) is 7.32. The zero-order chi connectivity index (χ0) is 23.6. The molecule has 1 aliphatic carbocycles. The van der Waals surface area contributed by atoms with Gasteiger partial charge in [0.1, 0.15) is 23.8 Å². The minimum Gasteiger partial charge on any atom is -0.468 e. The van der Waals surface area contributed by atoms with Gasteiger partial charge in [-0.15, -0.1) is 0 Å². The summed E-state index contributed by atoms with van der Waals surface area (Å²) in [5.74, 6) is -1.54. The molecule has 1 saturated carbocycles. The van der Waals surface area contributed by atoms with Gasteiger partial charge < -0.3 is 19.5 Å². The molecule has 1 spiro atoms. The second-order valence-corrected chi connectivity index (χ2v) is 9.51. The average molecular weight is 455 g/mol. The summed E-state index contributed by atoms with van der Waals surface area (Å²) in [5.41, 5.74) is 0.0698. The van der Waals surface area contributed by atoms with Crippen molar-refractivity contribution in [3.63, 3.8) is 0 Å². The van der Waals surface area contributed by atoms with Crippen LogP contribution in [0, 0.1) is 11.3 Å². The van der Waals surface area contributed by atoms with Gasteiger partial charge in [-0.1, -0.05) is 29.8 Å². The summed E-state index contributed by atoms with van der Waals surface area (Å²) in [5, 5.41) is 3.72. The van der Waals surface area contributed by atoms with Crippen molar-refractivity contribution in [1.82, 2.24) is 4.90 Å². The van der Waals surface area contributed by atoms with Crippen LogP contribution in [0.3, 0.4) is 0 Å². The number of anilines is 1. The molecule has 4 aliphatic heterocycles. The Kier molecular flexibility index (Phi) is 4.87. The highest BCUT2D eigenvalue weighted by molar-refractivity contribution is 5.86. The zero-order valence-corrected chi connectivity index (χ0v) is 19.5. The predicted octanol–water partition coefficient (Wildman–Crippen LogP) is 2.39. The minimum atomic E-state index is -1.18. The van der Waals surface area contributed by atoms with E-state index >= 15 is 0 Å². The number of ether oxygens (including phenoxy) is 3. The third-order valence-electron chi connectivity index (χ3n) is 8.44. The van der Waals surface area contributed by atoms with E-state index in [1.165, 1.54) is 21.0 Å². The number of methoxy groups -OCH3 is 1. The molecule has 1 aromatic carbocycles. The van der Waals surface area contributed by atoms with Gasteiger partial charge in [-0.25, -0.2) is 0 Å². The van der Waals surface area contributed by atoms with E-state index in [2.05, 4.69) is 10.2 Å². The fourth-order valence-electron chi connectivity index (χ4n) is 7.51. The molecule has 1 aromatic rings. The van der Waals surface area contributed by atoms with Gasteiger partial charge in [0.15, 0.2) is 0 Å². The maximum Gasteiger partial charge on any atom is 0.316 e. The van der Waals surface area contributed by atoms with Gasteiger partial charge in [0, 0.05) is 38.5 Å². The van der Waals surface area contributed by atoms with Crippen molar-refractivity contribution in [2.45, 2.75) is 50.8 Å². The summed E-state index contributed by atoms with van der Waals surface area (Å²) in [6.45, 7) is 5.96. The van der Waals surface area contributed by atoms with Crippen LogP contribution in [0.5, 0.6) is 0 Å². The van der Waals surface area contributed by atoms with Crippen LogP contribution in [0.2, 0.25) is 0 Å². The molecule has 3 saturated heterocycles. The van der Waals surface area contributed by atoms with Crippen LogP contribution < -0.4 is 5.32 Å². The first-order chi connectivity index (χ1) is 15.8. The van der Waals surface area contributed by atoms with Gasteiger partial charge in [-0.05, 0) is 31.4 Å². The molecular formula is C25H30N2O6. The number of carbonyl (C=O) groups is 3. The Bertz CT molecular complexity index is 1070. The lowest BCUT2D eigenvalue weighted by Gasteiger charge is -2.60. The number of hydrogen-bond acceptors (Lipinski definition) is 8. The Balaban J connectivity index is 1.88. The number of nitrogens with one attached hydrogen (secondary N) is 1. The van der Waals surface area contributed by atoms with E-state index in [0.29, 0.717) is 25.9 Å². The first-order valence-electron chi connectivity index (χ1n) is 11.4. The first kappa shape index (κ1) is 21.9. The summed E-state index contributed by atoms with van der Waals surface area (Å²) in [4.78, 5) is 40.6. The lowest BCUT2D eigenvalue weighted by molar-refractivity contribution is -0.196. The number of carbonyl (C=O) groups excluding carboxylic acids is 3. The van der Waals surface area contributed by atoms with Gasteiger partial charge in [-0.2, -0.15) is 0 Å². The van der Waals surface area contributed by atoms with Crippen LogP contribution in [0.15, 0.2) is 35.9 Å². The molecule has 5 aliphatic rings. The highest BCUT2D eigenvalue weighted by Crippen LogP contribution is 2.73. The van der Waals surface area contributed by atoms with Crippen LogP contribution in [0.1, 0.15) is 39.2 Å². The summed E-state index contributed by atoms with van der Waals surface area (Å²) < 4.78 is 17.2. The van der Waals surface area contributed by atoms with Crippen LogP contribution in [-0.4, -0.2) is 61.4 Å². The van der Waals surface area contributed by atoms with Gasteiger partial charge in [0.05, 0.1) is 12.5 Å². The Morgan fingerprint density at radius 3 is 2.64 bits per heavy atom. The first-order valence-corrected chi connectivity index (χ1v) is 11.4. The highest BCUT2D eigenvalue weighted by Gasteiger charge is 2.84. The summed E-state index contributed by atoms with van der Waals surface area (Å²) >= 11 is 0. The number of nitrogens with zero attached hydrogens (tertiary/aromatic N) is 1. The molecular weight excluding hydrogens is 424 g/mol. The lowest BCUT2D eigenvalue weighted by atomic mass is 9.45. The topological polar surface area (TPSA) is 94.2 Å². The number of para-hydroxylation sites is 1. The monoisotopic (exact) mass is 454 g/mol. The molecule has 33 heavy (non-hydrogen) atoms. The van der Waals surface area contributed by atoms with Crippen LogP contribution in [0.4, 0.5) is 5.69 Å².